The van der Waals surface area contributed by atoms with Gasteiger partial charge in [-0.3, -0.25) is 9.78 Å². The van der Waals surface area contributed by atoms with Crippen molar-refractivity contribution in [2.45, 2.75) is 6.18 Å². The van der Waals surface area contributed by atoms with Gasteiger partial charge in [-0.05, 0) is 6.07 Å². The SMILES string of the molecule is O=C(c1cnccc1C(F)(F)F)c1c(F)cc(F)cc1F. The van der Waals surface area contributed by atoms with Crippen molar-refractivity contribution in [3.63, 3.8) is 0 Å². The van der Waals surface area contributed by atoms with E-state index in [2.05, 4.69) is 4.98 Å². The summed E-state index contributed by atoms with van der Waals surface area (Å²) in [6.45, 7) is 0. The van der Waals surface area contributed by atoms with Gasteiger partial charge in [-0.15, -0.1) is 0 Å². The van der Waals surface area contributed by atoms with Crippen LogP contribution >= 0.6 is 0 Å². The van der Waals surface area contributed by atoms with Crippen molar-refractivity contribution >= 4 is 5.78 Å². The fraction of sp³-hybridized carbons (Fsp3) is 0.0769. The van der Waals surface area contributed by atoms with Gasteiger partial charge in [-0.25, -0.2) is 13.2 Å². The number of nitrogens with zero attached hydrogens (tertiary/aromatic N) is 1. The first-order valence-corrected chi connectivity index (χ1v) is 5.42. The molecule has 8 heteroatoms. The first-order chi connectivity index (χ1) is 9.71. The second-order valence-electron chi connectivity index (χ2n) is 3.99. The Labute approximate surface area is 114 Å². The van der Waals surface area contributed by atoms with Crippen LogP contribution in [0, 0.1) is 17.5 Å². The molecule has 0 unspecified atom stereocenters. The van der Waals surface area contributed by atoms with Gasteiger partial charge in [0.2, 0.25) is 5.78 Å². The monoisotopic (exact) mass is 305 g/mol. The lowest BCUT2D eigenvalue weighted by atomic mass is 9.99. The predicted octanol–water partition coefficient (Wildman–Crippen LogP) is 3.75. The zero-order valence-corrected chi connectivity index (χ0v) is 10.0. The standard InChI is InChI=1S/C13H5F6NO/c14-6-3-9(15)11(10(16)4-6)12(21)7-5-20-2-1-8(7)13(17,18)19/h1-5H. The highest BCUT2D eigenvalue weighted by molar-refractivity contribution is 6.10. The van der Waals surface area contributed by atoms with E-state index in [1.54, 1.807) is 0 Å². The van der Waals surface area contributed by atoms with Gasteiger partial charge in [0.1, 0.15) is 17.5 Å². The summed E-state index contributed by atoms with van der Waals surface area (Å²) in [5.41, 5.74) is -3.67. The van der Waals surface area contributed by atoms with Gasteiger partial charge in [0.05, 0.1) is 16.7 Å². The third-order valence-electron chi connectivity index (χ3n) is 2.61. The molecule has 1 aromatic heterocycles. The predicted molar refractivity (Wildman–Crippen MR) is 59.0 cm³/mol. The normalized spacial score (nSPS) is 11.5. The Kier molecular flexibility index (Phi) is 3.71. The molecule has 0 spiro atoms. The van der Waals surface area contributed by atoms with E-state index in [-0.39, 0.29) is 12.1 Å². The molecule has 0 saturated heterocycles. The fourth-order valence-electron chi connectivity index (χ4n) is 1.72. The largest absolute Gasteiger partial charge is 0.417 e. The lowest BCUT2D eigenvalue weighted by Crippen LogP contribution is -2.16. The van der Waals surface area contributed by atoms with E-state index in [9.17, 15) is 31.1 Å². The molecule has 110 valence electrons. The van der Waals surface area contributed by atoms with Crippen molar-refractivity contribution in [2.75, 3.05) is 0 Å². The lowest BCUT2D eigenvalue weighted by molar-refractivity contribution is -0.137. The fourth-order valence-corrected chi connectivity index (χ4v) is 1.72. The van der Waals surface area contributed by atoms with E-state index in [1.165, 1.54) is 0 Å². The van der Waals surface area contributed by atoms with E-state index in [1.807, 2.05) is 0 Å². The van der Waals surface area contributed by atoms with Crippen LogP contribution in [-0.2, 0) is 6.18 Å². The van der Waals surface area contributed by atoms with Crippen LogP contribution in [0.15, 0.2) is 30.6 Å². The molecule has 21 heavy (non-hydrogen) atoms. The van der Waals surface area contributed by atoms with E-state index >= 15 is 0 Å². The molecule has 0 fully saturated rings. The van der Waals surface area contributed by atoms with Crippen LogP contribution in [0.1, 0.15) is 21.5 Å². The highest BCUT2D eigenvalue weighted by Crippen LogP contribution is 2.33. The number of aromatic nitrogens is 1. The summed E-state index contributed by atoms with van der Waals surface area (Å²) in [6, 6.07) is 0.923. The number of rotatable bonds is 2. The number of halogens is 6. The minimum absolute atomic E-state index is 0.208. The molecule has 1 heterocycles. The molecule has 0 atom stereocenters. The van der Waals surface area contributed by atoms with Crippen molar-refractivity contribution in [2.24, 2.45) is 0 Å². The third kappa shape index (κ3) is 2.88. The average molecular weight is 305 g/mol. The zero-order valence-electron chi connectivity index (χ0n) is 10.0. The number of carbonyl (C=O) groups is 1. The average Bonchev–Trinajstić information content (AvgIpc) is 2.36. The summed E-state index contributed by atoms with van der Waals surface area (Å²) in [5, 5.41) is 0. The van der Waals surface area contributed by atoms with Gasteiger partial charge < -0.3 is 0 Å². The Morgan fingerprint density at radius 1 is 1.05 bits per heavy atom. The maximum atomic E-state index is 13.5. The molecule has 2 rings (SSSR count). The quantitative estimate of drug-likeness (QED) is 0.625. The van der Waals surface area contributed by atoms with Crippen molar-refractivity contribution < 1.29 is 31.1 Å². The highest BCUT2D eigenvalue weighted by Gasteiger charge is 2.36. The minimum Gasteiger partial charge on any atom is -0.288 e. The van der Waals surface area contributed by atoms with Crippen LogP contribution in [0.3, 0.4) is 0 Å². The summed E-state index contributed by atoms with van der Waals surface area (Å²) >= 11 is 0. The number of hydrogen-bond acceptors (Lipinski definition) is 2. The van der Waals surface area contributed by atoms with Crippen molar-refractivity contribution in [1.82, 2.24) is 4.98 Å². The van der Waals surface area contributed by atoms with Gasteiger partial charge >= 0.3 is 6.18 Å². The van der Waals surface area contributed by atoms with E-state index in [4.69, 9.17) is 0 Å². The maximum absolute atomic E-state index is 13.5. The Morgan fingerprint density at radius 3 is 2.14 bits per heavy atom. The molecule has 0 amide bonds. The number of ketones is 1. The van der Waals surface area contributed by atoms with E-state index in [0.717, 1.165) is 6.20 Å². The number of alkyl halides is 3. The molecular weight excluding hydrogens is 300 g/mol. The topological polar surface area (TPSA) is 30.0 Å². The van der Waals surface area contributed by atoms with E-state index in [0.29, 0.717) is 12.3 Å². The number of hydrogen-bond donors (Lipinski definition) is 0. The summed E-state index contributed by atoms with van der Waals surface area (Å²) in [4.78, 5) is 15.3. The first-order valence-electron chi connectivity index (χ1n) is 5.42. The van der Waals surface area contributed by atoms with Crippen molar-refractivity contribution in [1.29, 1.82) is 0 Å². The number of benzene rings is 1. The molecule has 2 nitrogen and oxygen atoms in total. The van der Waals surface area contributed by atoms with Crippen LogP contribution in [0.5, 0.6) is 0 Å². The molecule has 0 aliphatic heterocycles. The highest BCUT2D eigenvalue weighted by atomic mass is 19.4. The first kappa shape index (κ1) is 15.0. The van der Waals surface area contributed by atoms with Crippen LogP contribution in [-0.4, -0.2) is 10.8 Å². The molecular formula is C13H5F6NO. The van der Waals surface area contributed by atoms with Crippen LogP contribution in [0.2, 0.25) is 0 Å². The molecule has 2 aromatic rings. The smallest absolute Gasteiger partial charge is 0.288 e. The van der Waals surface area contributed by atoms with Gasteiger partial charge in [0.25, 0.3) is 0 Å². The third-order valence-corrected chi connectivity index (χ3v) is 2.61. The van der Waals surface area contributed by atoms with Gasteiger partial charge in [0.15, 0.2) is 0 Å². The van der Waals surface area contributed by atoms with Crippen LogP contribution in [0.4, 0.5) is 26.3 Å². The van der Waals surface area contributed by atoms with E-state index < -0.39 is 46.1 Å². The summed E-state index contributed by atoms with van der Waals surface area (Å²) in [5.74, 6) is -6.03. The van der Waals surface area contributed by atoms with Crippen LogP contribution < -0.4 is 0 Å². The summed E-state index contributed by atoms with van der Waals surface area (Å²) in [7, 11) is 0. The molecule has 0 N–H and O–H groups in total. The van der Waals surface area contributed by atoms with Crippen LogP contribution in [0.25, 0.3) is 0 Å². The van der Waals surface area contributed by atoms with Gasteiger partial charge in [-0.2, -0.15) is 13.2 Å². The Bertz CT molecular complexity index is 687. The number of carbonyl (C=O) groups excluding carboxylic acids is 1. The minimum atomic E-state index is -4.90. The summed E-state index contributed by atoms with van der Waals surface area (Å²) in [6.07, 6.45) is -3.56. The molecule has 0 radical (unpaired) electrons. The maximum Gasteiger partial charge on any atom is 0.417 e. The van der Waals surface area contributed by atoms with Gasteiger partial charge in [0, 0.05) is 24.5 Å². The van der Waals surface area contributed by atoms with Gasteiger partial charge in [-0.1, -0.05) is 0 Å². The molecule has 0 aliphatic rings. The summed E-state index contributed by atoms with van der Waals surface area (Å²) < 4.78 is 78.0. The van der Waals surface area contributed by atoms with Crippen molar-refractivity contribution in [3.05, 3.63) is 64.7 Å². The molecule has 0 bridgehead atoms. The van der Waals surface area contributed by atoms with Crippen molar-refractivity contribution in [3.8, 4) is 0 Å². The second kappa shape index (κ2) is 5.19. The second-order valence-corrected chi connectivity index (χ2v) is 3.99. The molecule has 0 saturated carbocycles. The molecule has 0 aliphatic carbocycles. The Hall–Kier alpha value is -2.38. The molecule has 1 aromatic carbocycles. The lowest BCUT2D eigenvalue weighted by Gasteiger charge is -2.12. The Morgan fingerprint density at radius 2 is 1.62 bits per heavy atom. The Balaban J connectivity index is 2.62. The number of pyridine rings is 1. The zero-order chi connectivity index (χ0) is 15.8.